The Kier molecular flexibility index (Phi) is 9.02. The summed E-state index contributed by atoms with van der Waals surface area (Å²) in [5.41, 5.74) is 0.125. The maximum absolute atomic E-state index is 12.6. The van der Waals surface area contributed by atoms with Crippen LogP contribution in [-0.4, -0.2) is 38.6 Å². The van der Waals surface area contributed by atoms with E-state index in [0.717, 1.165) is 28.1 Å². The van der Waals surface area contributed by atoms with Crippen molar-refractivity contribution in [3.8, 4) is 5.82 Å². The number of rotatable bonds is 7. The van der Waals surface area contributed by atoms with Crippen LogP contribution in [0, 0.1) is 0 Å². The number of thiazole rings is 1. The number of aromatic nitrogens is 4. The highest BCUT2D eigenvalue weighted by Gasteiger charge is 2.33. The second-order valence-electron chi connectivity index (χ2n) is 5.99. The molecule has 162 valence electrons. The summed E-state index contributed by atoms with van der Waals surface area (Å²) in [6, 6.07) is 3.80. The summed E-state index contributed by atoms with van der Waals surface area (Å²) < 4.78 is 39.7. The topological polar surface area (TPSA) is 80.0 Å². The lowest BCUT2D eigenvalue weighted by atomic mass is 10.2. The second kappa shape index (κ2) is 11.2. The first-order valence-electron chi connectivity index (χ1n) is 8.92. The summed E-state index contributed by atoms with van der Waals surface area (Å²) in [5, 5.41) is 7.71. The van der Waals surface area contributed by atoms with Gasteiger partial charge in [-0.05, 0) is 24.6 Å². The maximum Gasteiger partial charge on any atom is 0.434 e. The number of pyridine rings is 1. The number of nitrogens with one attached hydrogen (secondary N) is 2. The van der Waals surface area contributed by atoms with Crippen molar-refractivity contribution in [3.05, 3.63) is 58.7 Å². The van der Waals surface area contributed by atoms with Crippen molar-refractivity contribution in [1.29, 1.82) is 0 Å². The van der Waals surface area contributed by atoms with Gasteiger partial charge in [-0.1, -0.05) is 0 Å². The zero-order valence-corrected chi connectivity index (χ0v) is 19.2. The summed E-state index contributed by atoms with van der Waals surface area (Å²) in [7, 11) is 0. The van der Waals surface area contributed by atoms with Gasteiger partial charge in [0, 0.05) is 43.5 Å². The van der Waals surface area contributed by atoms with Crippen LogP contribution in [-0.2, 0) is 19.1 Å². The quantitative estimate of drug-likeness (QED) is 0.266. The predicted molar refractivity (Wildman–Crippen MR) is 120 cm³/mol. The Hall–Kier alpha value is -2.22. The molecule has 3 heterocycles. The van der Waals surface area contributed by atoms with E-state index in [1.54, 1.807) is 23.3 Å². The van der Waals surface area contributed by atoms with Crippen molar-refractivity contribution in [2.24, 2.45) is 4.99 Å². The minimum atomic E-state index is -4.40. The highest BCUT2D eigenvalue weighted by atomic mass is 127. The Morgan fingerprint density at radius 3 is 2.77 bits per heavy atom. The minimum absolute atomic E-state index is 0. The highest BCUT2D eigenvalue weighted by Crippen LogP contribution is 2.29. The number of halogens is 4. The van der Waals surface area contributed by atoms with Gasteiger partial charge in [0.25, 0.3) is 0 Å². The standard InChI is InChI=1S/C18H20F3N7S.HI/c1-2-23-17(25-6-4-16-27-14(11-29-16)18(19,20)21)26-10-13-3-5-24-15(9-13)28-8-7-22-12-28;/h3,5,7-9,11-12H,2,4,6,10H2,1H3,(H2,23,25,26);1H. The van der Waals surface area contributed by atoms with Gasteiger partial charge in [-0.25, -0.2) is 19.9 Å². The fourth-order valence-corrected chi connectivity index (χ4v) is 3.26. The number of hydrogen-bond acceptors (Lipinski definition) is 5. The molecular formula is C18H21F3IN7S. The van der Waals surface area contributed by atoms with E-state index in [4.69, 9.17) is 0 Å². The van der Waals surface area contributed by atoms with Crippen LogP contribution >= 0.6 is 35.3 Å². The Bertz CT molecular complexity index is 941. The largest absolute Gasteiger partial charge is 0.434 e. The van der Waals surface area contributed by atoms with Crippen molar-refractivity contribution < 1.29 is 13.2 Å². The first-order chi connectivity index (χ1) is 14.0. The van der Waals surface area contributed by atoms with E-state index in [1.165, 1.54) is 0 Å². The Labute approximate surface area is 192 Å². The molecule has 0 spiro atoms. The van der Waals surface area contributed by atoms with Gasteiger partial charge in [0.2, 0.25) is 0 Å². The van der Waals surface area contributed by atoms with Gasteiger partial charge in [0.15, 0.2) is 11.7 Å². The Morgan fingerprint density at radius 1 is 1.27 bits per heavy atom. The third-order valence-corrected chi connectivity index (χ3v) is 4.72. The van der Waals surface area contributed by atoms with Crippen LogP contribution in [0.25, 0.3) is 5.82 Å². The first kappa shape index (κ1) is 24.1. The number of nitrogens with zero attached hydrogens (tertiary/aromatic N) is 5. The molecule has 0 radical (unpaired) electrons. The summed E-state index contributed by atoms with van der Waals surface area (Å²) >= 11 is 1.01. The molecule has 12 heteroatoms. The van der Waals surface area contributed by atoms with Crippen molar-refractivity contribution in [3.63, 3.8) is 0 Å². The van der Waals surface area contributed by atoms with Crippen molar-refractivity contribution >= 4 is 41.3 Å². The summed E-state index contributed by atoms with van der Waals surface area (Å²) in [6.45, 7) is 3.46. The van der Waals surface area contributed by atoms with Gasteiger partial charge in [-0.15, -0.1) is 35.3 Å². The molecule has 2 N–H and O–H groups in total. The molecular weight excluding hydrogens is 530 g/mol. The van der Waals surface area contributed by atoms with Gasteiger partial charge in [0.05, 0.1) is 11.6 Å². The van der Waals surface area contributed by atoms with Gasteiger partial charge in [0.1, 0.15) is 12.1 Å². The van der Waals surface area contributed by atoms with Crippen LogP contribution in [0.2, 0.25) is 0 Å². The monoisotopic (exact) mass is 551 g/mol. The van der Waals surface area contributed by atoms with Crippen LogP contribution < -0.4 is 10.6 Å². The van der Waals surface area contributed by atoms with Gasteiger partial charge in [-0.2, -0.15) is 13.2 Å². The third kappa shape index (κ3) is 6.93. The number of guanidine groups is 1. The number of hydrogen-bond donors (Lipinski definition) is 2. The van der Waals surface area contributed by atoms with Crippen molar-refractivity contribution in [2.45, 2.75) is 26.1 Å². The van der Waals surface area contributed by atoms with Gasteiger partial charge >= 0.3 is 6.18 Å². The molecule has 3 rings (SSSR count). The Morgan fingerprint density at radius 2 is 2.10 bits per heavy atom. The van der Waals surface area contributed by atoms with E-state index >= 15 is 0 Å². The van der Waals surface area contributed by atoms with Crippen molar-refractivity contribution in [2.75, 3.05) is 13.1 Å². The van der Waals surface area contributed by atoms with Crippen LogP contribution in [0.4, 0.5) is 13.2 Å². The minimum Gasteiger partial charge on any atom is -0.357 e. The molecule has 0 aromatic carbocycles. The molecule has 0 unspecified atom stereocenters. The number of alkyl halides is 3. The molecule has 0 aliphatic rings. The van der Waals surface area contributed by atoms with E-state index in [-0.39, 0.29) is 24.0 Å². The van der Waals surface area contributed by atoms with Gasteiger partial charge in [-0.3, -0.25) is 4.57 Å². The molecule has 3 aromatic rings. The molecule has 3 aromatic heterocycles. The van der Waals surface area contributed by atoms with Crippen LogP contribution in [0.1, 0.15) is 23.2 Å². The first-order valence-corrected chi connectivity index (χ1v) is 9.80. The molecule has 0 atom stereocenters. The normalized spacial score (nSPS) is 11.8. The second-order valence-corrected chi connectivity index (χ2v) is 6.93. The molecule has 0 aliphatic carbocycles. The van der Waals surface area contributed by atoms with Crippen LogP contribution in [0.5, 0.6) is 0 Å². The summed E-state index contributed by atoms with van der Waals surface area (Å²) in [6.07, 6.45) is 2.85. The van der Waals surface area contributed by atoms with E-state index in [0.29, 0.717) is 37.0 Å². The van der Waals surface area contributed by atoms with E-state index in [1.807, 2.05) is 25.3 Å². The lowest BCUT2D eigenvalue weighted by Crippen LogP contribution is -2.38. The lowest BCUT2D eigenvalue weighted by Gasteiger charge is -2.11. The molecule has 0 fully saturated rings. The molecule has 0 saturated heterocycles. The van der Waals surface area contributed by atoms with Crippen LogP contribution in [0.15, 0.2) is 47.4 Å². The molecule has 0 aliphatic heterocycles. The molecule has 7 nitrogen and oxygen atoms in total. The number of imidazole rings is 1. The fraction of sp³-hybridized carbons (Fsp3) is 0.333. The van der Waals surface area contributed by atoms with E-state index < -0.39 is 11.9 Å². The van der Waals surface area contributed by atoms with Crippen LogP contribution in [0.3, 0.4) is 0 Å². The third-order valence-electron chi connectivity index (χ3n) is 3.82. The SMILES string of the molecule is CCNC(=NCc1ccnc(-n2ccnc2)c1)NCCc1nc(C(F)(F)F)cs1.I. The summed E-state index contributed by atoms with van der Waals surface area (Å²) in [4.78, 5) is 16.5. The Balaban J connectivity index is 0.00000320. The highest BCUT2D eigenvalue weighted by molar-refractivity contribution is 14.0. The predicted octanol–water partition coefficient (Wildman–Crippen LogP) is 3.66. The fourth-order valence-electron chi connectivity index (χ4n) is 2.45. The number of aliphatic imine (C=N–C) groups is 1. The van der Waals surface area contributed by atoms with Crippen molar-refractivity contribution in [1.82, 2.24) is 30.2 Å². The van der Waals surface area contributed by atoms with E-state index in [2.05, 4.69) is 30.6 Å². The smallest absolute Gasteiger partial charge is 0.357 e. The zero-order valence-electron chi connectivity index (χ0n) is 16.1. The molecule has 30 heavy (non-hydrogen) atoms. The zero-order chi connectivity index (χ0) is 20.7. The average molecular weight is 551 g/mol. The van der Waals surface area contributed by atoms with Gasteiger partial charge < -0.3 is 10.6 Å². The van der Waals surface area contributed by atoms with E-state index in [9.17, 15) is 13.2 Å². The molecule has 0 saturated carbocycles. The summed E-state index contributed by atoms with van der Waals surface area (Å²) in [5.74, 6) is 1.33. The molecule has 0 amide bonds. The maximum atomic E-state index is 12.6. The lowest BCUT2D eigenvalue weighted by molar-refractivity contribution is -0.140. The average Bonchev–Trinajstić information content (AvgIpc) is 3.38. The molecule has 0 bridgehead atoms.